The first kappa shape index (κ1) is 109. The van der Waals surface area contributed by atoms with Crippen LogP contribution in [0.3, 0.4) is 0 Å². The predicted molar refractivity (Wildman–Crippen MR) is 463 cm³/mol. The Morgan fingerprint density at radius 1 is 0.456 bits per heavy atom. The fourth-order valence-corrected chi connectivity index (χ4v) is 23.3. The van der Waals surface area contributed by atoms with E-state index in [0.717, 1.165) is 5.57 Å². The maximum Gasteiger partial charge on any atom is 0.336 e. The number of allylic oxidation sites excluding steroid dienone is 4. The summed E-state index contributed by atoms with van der Waals surface area (Å²) in [6.45, 7) is 25.6. The number of carbonyl (C=O) groups is 3. The summed E-state index contributed by atoms with van der Waals surface area (Å²) in [5, 5.41) is 234. The Morgan fingerprint density at radius 3 is 1.55 bits per heavy atom. The van der Waals surface area contributed by atoms with Crippen LogP contribution >= 0.6 is 0 Å². The van der Waals surface area contributed by atoms with Gasteiger partial charge in [0.1, 0.15) is 140 Å². The van der Waals surface area contributed by atoms with Crippen LogP contribution in [0.5, 0.6) is 0 Å². The Bertz CT molecular complexity index is 4150. The second-order valence-corrected chi connectivity index (χ2v) is 42.5. The van der Waals surface area contributed by atoms with Crippen LogP contribution in [-0.2, 0) is 99.6 Å². The molecule has 13 rings (SSSR count). The van der Waals surface area contributed by atoms with E-state index >= 15 is 4.79 Å². The van der Waals surface area contributed by atoms with E-state index in [4.69, 9.17) is 85.3 Å². The van der Waals surface area contributed by atoms with Gasteiger partial charge in [-0.15, -0.1) is 13.2 Å². The van der Waals surface area contributed by atoms with Crippen molar-refractivity contribution in [3.63, 3.8) is 0 Å². The molecule has 776 valence electrons. The first-order valence-electron chi connectivity index (χ1n) is 47.6. The molecule has 0 aromatic heterocycles. The number of rotatable bonds is 31. The molecule has 21 N–H and O–H groups in total. The Morgan fingerprint density at radius 2 is 0.941 bits per heavy atom. The average Bonchev–Trinajstić information content (AvgIpc) is 0.673. The molecule has 4 saturated carbocycles. The molecule has 46 unspecified atom stereocenters. The largest absolute Gasteiger partial charge is 0.452 e. The van der Waals surface area contributed by atoms with Gasteiger partial charge in [0.2, 0.25) is 6.29 Å². The van der Waals surface area contributed by atoms with Crippen LogP contribution in [0.4, 0.5) is 0 Å². The molecule has 12 fully saturated rings. The minimum absolute atomic E-state index is 0.0225. The smallest absolute Gasteiger partial charge is 0.336 e. The molecule has 5 aliphatic carbocycles. The number of ether oxygens (including phenoxy) is 18. The van der Waals surface area contributed by atoms with E-state index in [2.05, 4.69) is 67.7 Å². The van der Waals surface area contributed by atoms with Gasteiger partial charge in [0.15, 0.2) is 62.3 Å². The summed E-state index contributed by atoms with van der Waals surface area (Å²) in [4.78, 5) is 45.0. The quantitative estimate of drug-likeness (QED) is 0.0110. The Balaban J connectivity index is 0.759. The maximum absolute atomic E-state index is 16.5. The topological polar surface area (TPSA) is 642 Å². The molecule has 46 atom stereocenters. The van der Waals surface area contributed by atoms with Crippen LogP contribution in [0.2, 0.25) is 0 Å². The van der Waals surface area contributed by atoms with Gasteiger partial charge >= 0.3 is 17.9 Å². The van der Waals surface area contributed by atoms with Crippen molar-refractivity contribution >= 4 is 17.9 Å². The number of hydrogen-bond donors (Lipinski definition) is 21. The molecule has 8 heterocycles. The van der Waals surface area contributed by atoms with Crippen molar-refractivity contribution < 1.29 is 207 Å². The van der Waals surface area contributed by atoms with Gasteiger partial charge in [-0.1, -0.05) is 84.4 Å². The molecule has 8 saturated heterocycles. The summed E-state index contributed by atoms with van der Waals surface area (Å²) in [6.07, 6.45) is -50.3. The highest BCUT2D eigenvalue weighted by molar-refractivity contribution is 5.89. The standard InChI is InChI=1S/C94H148O42/c1-15-89(10,117)25-17-19-41(3)76(114)131-75-72(130-77(115)44(34-95)20-18-26-90(11,118)16-2)56(100)42(4)125-84(75)124-40-52-61(105)63(107)74(135-81-68(112)64(108)70(43(5)126-81)132-80-69(113)71(50(99)38-121-80)133-78-65(109)57(101)47(96)35-119-78)85(128-52)136-86(116)94-31-29-87(6,7)33-46(94)45-21-22-54-91(12)27-24-55(88(8,9)53(91)23-28-93(54,14)92(45,13)30-32-94)129-82-67(111)62(106)60(104)51(127-82)39-123-83-73(59(103)49(98)37-122-83)134-79-66(110)58(102)48(97)36-120-79/h15-16,19-21,42-43,46-75,78-85,95-113,117-118H,1-2,17-18,22-40H2,3-14H3. The Kier molecular flexibility index (Phi) is 34.6. The van der Waals surface area contributed by atoms with E-state index in [-0.39, 0.29) is 72.3 Å². The number of carbonyl (C=O) groups excluding carboxylic acids is 3. The van der Waals surface area contributed by atoms with Crippen LogP contribution < -0.4 is 0 Å². The lowest BCUT2D eigenvalue weighted by molar-refractivity contribution is -0.381. The first-order valence-corrected chi connectivity index (χ1v) is 47.6. The number of aliphatic hydroxyl groups excluding tert-OH is 19. The lowest BCUT2D eigenvalue weighted by Gasteiger charge is -2.71. The summed E-state index contributed by atoms with van der Waals surface area (Å²) in [5.74, 6) is -3.51. The summed E-state index contributed by atoms with van der Waals surface area (Å²) in [7, 11) is 0. The molecular formula is C94H148O42. The van der Waals surface area contributed by atoms with Crippen molar-refractivity contribution in [3.8, 4) is 0 Å². The SMILES string of the molecule is C=CC(C)(O)CCC=C(C)C(=O)OC1C(OCC2OC(OC(=O)C34CCC(C)(C)CC3C3=CCC5C6(C)CCC(OC7OC(COC8OCC(O)C(O)C8OC8OCC(O)C(O)C8O)C(O)C(O)C7O)C(C)(C)C6CCC5(C)C3(C)CC4)C(OC3OC(C)C(OC4OCC(O)C(OC5OCC(O)C(O)C5O)C4O)C(O)C3O)C(O)C2O)OC(C)C(O)C1OC(=O)C(=CCCC(C)(O)C=C)CO. The fourth-order valence-electron chi connectivity index (χ4n) is 23.3. The van der Waals surface area contributed by atoms with E-state index in [1.807, 2.05) is 0 Å². The van der Waals surface area contributed by atoms with Crippen LogP contribution in [0.1, 0.15) is 173 Å². The third kappa shape index (κ3) is 22.0. The highest BCUT2D eigenvalue weighted by Crippen LogP contribution is 2.76. The molecule has 0 aromatic carbocycles. The van der Waals surface area contributed by atoms with Crippen molar-refractivity contribution in [2.45, 2.75) is 412 Å². The minimum atomic E-state index is -2.21. The van der Waals surface area contributed by atoms with Crippen molar-refractivity contribution in [1.29, 1.82) is 0 Å². The van der Waals surface area contributed by atoms with Gasteiger partial charge in [-0.2, -0.15) is 0 Å². The highest BCUT2D eigenvalue weighted by Gasteiger charge is 2.71. The first-order chi connectivity index (χ1) is 63.7. The monoisotopic (exact) mass is 1950 g/mol. The lowest BCUT2D eigenvalue weighted by atomic mass is 9.33. The molecule has 0 amide bonds. The second kappa shape index (κ2) is 43.1. The van der Waals surface area contributed by atoms with Crippen LogP contribution in [0.15, 0.2) is 60.3 Å². The minimum Gasteiger partial charge on any atom is -0.452 e. The van der Waals surface area contributed by atoms with Gasteiger partial charge in [-0.05, 0) is 169 Å². The second-order valence-electron chi connectivity index (χ2n) is 42.5. The molecule has 0 radical (unpaired) electrons. The number of hydrogen-bond acceptors (Lipinski definition) is 42. The van der Waals surface area contributed by atoms with E-state index in [0.29, 0.717) is 51.4 Å². The molecule has 0 aromatic rings. The molecule has 8 aliphatic heterocycles. The Labute approximate surface area is 789 Å². The fraction of sp³-hybridized carbons (Fsp3) is 0.862. The van der Waals surface area contributed by atoms with E-state index in [1.54, 1.807) is 0 Å². The number of esters is 3. The normalized spacial score (nSPS) is 48.0. The van der Waals surface area contributed by atoms with Crippen molar-refractivity contribution in [1.82, 2.24) is 0 Å². The van der Waals surface area contributed by atoms with Gasteiger partial charge < -0.3 is 193 Å². The van der Waals surface area contributed by atoms with Crippen LogP contribution in [-0.4, -0.2) is 410 Å². The summed E-state index contributed by atoms with van der Waals surface area (Å²) < 4.78 is 109. The van der Waals surface area contributed by atoms with E-state index in [9.17, 15) is 117 Å². The predicted octanol–water partition coefficient (Wildman–Crippen LogP) is -2.73. The maximum atomic E-state index is 16.5. The number of aliphatic hydroxyl groups is 21. The van der Waals surface area contributed by atoms with Gasteiger partial charge in [0, 0.05) is 5.57 Å². The van der Waals surface area contributed by atoms with Gasteiger partial charge in [0.25, 0.3) is 0 Å². The molecular weight excluding hydrogens is 1800 g/mol. The Hall–Kier alpha value is -4.33. The van der Waals surface area contributed by atoms with Gasteiger partial charge in [-0.25, -0.2) is 9.59 Å². The average molecular weight is 1950 g/mol. The van der Waals surface area contributed by atoms with Crippen molar-refractivity contribution in [2.24, 2.45) is 50.2 Å². The zero-order valence-electron chi connectivity index (χ0n) is 79.2. The molecule has 42 nitrogen and oxygen atoms in total. The molecule has 13 aliphatic rings. The number of fused-ring (bicyclic) bond motifs is 7. The third-order valence-electron chi connectivity index (χ3n) is 32.4. The molecule has 0 bridgehead atoms. The highest BCUT2D eigenvalue weighted by atomic mass is 16.8. The zero-order valence-corrected chi connectivity index (χ0v) is 79.2. The summed E-state index contributed by atoms with van der Waals surface area (Å²) in [5.41, 5.74) is -5.70. The summed E-state index contributed by atoms with van der Waals surface area (Å²) >= 11 is 0. The van der Waals surface area contributed by atoms with Crippen molar-refractivity contribution in [2.75, 3.05) is 46.2 Å². The summed E-state index contributed by atoms with van der Waals surface area (Å²) in [6, 6.07) is 0. The lowest BCUT2D eigenvalue weighted by Crippen LogP contribution is -2.67. The van der Waals surface area contributed by atoms with E-state index < -0.39 is 330 Å². The third-order valence-corrected chi connectivity index (χ3v) is 32.4. The molecule has 42 heteroatoms. The zero-order chi connectivity index (χ0) is 99.7. The van der Waals surface area contributed by atoms with Crippen LogP contribution in [0, 0.1) is 50.2 Å². The van der Waals surface area contributed by atoms with Gasteiger partial charge in [-0.3, -0.25) is 4.79 Å². The molecule has 136 heavy (non-hydrogen) atoms. The van der Waals surface area contributed by atoms with E-state index in [1.165, 1.54) is 58.9 Å². The molecule has 0 spiro atoms. The van der Waals surface area contributed by atoms with Crippen LogP contribution in [0.25, 0.3) is 0 Å². The van der Waals surface area contributed by atoms with Crippen molar-refractivity contribution in [3.05, 3.63) is 60.3 Å². The van der Waals surface area contributed by atoms with Gasteiger partial charge in [0.05, 0.1) is 86.8 Å².